The van der Waals surface area contributed by atoms with Gasteiger partial charge in [0.15, 0.2) is 5.58 Å². The van der Waals surface area contributed by atoms with Crippen LogP contribution in [0.1, 0.15) is 18.0 Å². The molecule has 0 aliphatic carbocycles. The Balaban J connectivity index is 1.63. The van der Waals surface area contributed by atoms with Crippen LogP contribution in [-0.2, 0) is 9.59 Å². The molecule has 2 aromatic carbocycles. The van der Waals surface area contributed by atoms with E-state index in [9.17, 15) is 9.59 Å². The molecule has 0 radical (unpaired) electrons. The van der Waals surface area contributed by atoms with Crippen molar-refractivity contribution in [3.05, 3.63) is 54.1 Å². The maximum Gasteiger partial charge on any atom is 0.305 e. The SMILES string of the molecule is COc1ccc([C@@H](CC(=O)O)NC(=O)CSc2nc3ccccc3o2)cc1. The highest BCUT2D eigenvalue weighted by molar-refractivity contribution is 7.99. The van der Waals surface area contributed by atoms with Crippen LogP contribution >= 0.6 is 11.8 Å². The van der Waals surface area contributed by atoms with Gasteiger partial charge in [-0.3, -0.25) is 9.59 Å². The van der Waals surface area contributed by atoms with E-state index in [2.05, 4.69) is 10.3 Å². The molecule has 8 heteroatoms. The minimum absolute atomic E-state index is 0.0685. The fraction of sp³-hybridized carbons (Fsp3) is 0.211. The van der Waals surface area contributed by atoms with Crippen molar-refractivity contribution < 1.29 is 23.8 Å². The number of carbonyl (C=O) groups is 2. The third-order valence-electron chi connectivity index (χ3n) is 3.83. The number of fused-ring (bicyclic) bond motifs is 1. The number of nitrogens with zero attached hydrogens (tertiary/aromatic N) is 1. The summed E-state index contributed by atoms with van der Waals surface area (Å²) < 4.78 is 10.7. The number of benzene rings is 2. The summed E-state index contributed by atoms with van der Waals surface area (Å²) >= 11 is 1.16. The summed E-state index contributed by atoms with van der Waals surface area (Å²) in [5.41, 5.74) is 2.07. The Bertz CT molecular complexity index is 906. The molecule has 0 saturated carbocycles. The quantitative estimate of drug-likeness (QED) is 0.573. The van der Waals surface area contributed by atoms with Crippen LogP contribution in [0.15, 0.2) is 58.2 Å². The molecule has 0 bridgehead atoms. The van der Waals surface area contributed by atoms with Crippen LogP contribution in [0, 0.1) is 0 Å². The zero-order chi connectivity index (χ0) is 19.2. The van der Waals surface area contributed by atoms with Crippen LogP contribution in [0.4, 0.5) is 0 Å². The largest absolute Gasteiger partial charge is 0.497 e. The van der Waals surface area contributed by atoms with Crippen molar-refractivity contribution >= 4 is 34.7 Å². The Morgan fingerprint density at radius 3 is 2.63 bits per heavy atom. The smallest absolute Gasteiger partial charge is 0.305 e. The number of aromatic nitrogens is 1. The Hall–Kier alpha value is -3.00. The molecule has 1 amide bonds. The molecule has 27 heavy (non-hydrogen) atoms. The first-order chi connectivity index (χ1) is 13.0. The van der Waals surface area contributed by atoms with Crippen LogP contribution in [0.25, 0.3) is 11.1 Å². The molecule has 3 rings (SSSR count). The zero-order valence-electron chi connectivity index (χ0n) is 14.5. The van der Waals surface area contributed by atoms with E-state index in [0.29, 0.717) is 22.1 Å². The average Bonchev–Trinajstić information content (AvgIpc) is 3.08. The summed E-state index contributed by atoms with van der Waals surface area (Å²) in [5.74, 6) is -0.572. The van der Waals surface area contributed by atoms with Crippen LogP contribution in [-0.4, -0.2) is 34.8 Å². The minimum Gasteiger partial charge on any atom is -0.497 e. The molecule has 0 aliphatic heterocycles. The first kappa shape index (κ1) is 18.8. The molecule has 7 nitrogen and oxygen atoms in total. The number of para-hydroxylation sites is 2. The molecule has 0 unspecified atom stereocenters. The number of amides is 1. The highest BCUT2D eigenvalue weighted by Crippen LogP contribution is 2.24. The fourth-order valence-corrected chi connectivity index (χ4v) is 3.19. The zero-order valence-corrected chi connectivity index (χ0v) is 15.4. The number of hydrogen-bond donors (Lipinski definition) is 2. The summed E-state index contributed by atoms with van der Waals surface area (Å²) in [4.78, 5) is 27.8. The van der Waals surface area contributed by atoms with Gasteiger partial charge >= 0.3 is 5.97 Å². The second kappa shape index (κ2) is 8.59. The number of thioether (sulfide) groups is 1. The molecule has 1 heterocycles. The van der Waals surface area contributed by atoms with Crippen molar-refractivity contribution in [3.63, 3.8) is 0 Å². The van der Waals surface area contributed by atoms with E-state index in [0.717, 1.165) is 17.3 Å². The van der Waals surface area contributed by atoms with Crippen molar-refractivity contribution in [1.82, 2.24) is 10.3 Å². The normalized spacial score (nSPS) is 11.9. The van der Waals surface area contributed by atoms with E-state index in [-0.39, 0.29) is 18.1 Å². The van der Waals surface area contributed by atoms with E-state index in [1.807, 2.05) is 18.2 Å². The molecule has 140 valence electrons. The van der Waals surface area contributed by atoms with Gasteiger partial charge in [0.05, 0.1) is 25.3 Å². The van der Waals surface area contributed by atoms with Gasteiger partial charge < -0.3 is 19.6 Å². The molecule has 0 fully saturated rings. The van der Waals surface area contributed by atoms with Gasteiger partial charge in [-0.15, -0.1) is 0 Å². The number of carboxylic acid groups (broad SMARTS) is 1. The molecular weight excluding hydrogens is 368 g/mol. The number of methoxy groups -OCH3 is 1. The third kappa shape index (κ3) is 5.01. The molecule has 1 aromatic heterocycles. The number of aliphatic carboxylic acids is 1. The van der Waals surface area contributed by atoms with E-state index in [1.165, 1.54) is 0 Å². The van der Waals surface area contributed by atoms with Gasteiger partial charge in [0.1, 0.15) is 11.3 Å². The van der Waals surface area contributed by atoms with Crippen molar-refractivity contribution in [2.75, 3.05) is 12.9 Å². The second-order valence-electron chi connectivity index (χ2n) is 5.73. The number of oxazole rings is 1. The monoisotopic (exact) mass is 386 g/mol. The summed E-state index contributed by atoms with van der Waals surface area (Å²) in [7, 11) is 1.55. The molecule has 1 atom stereocenters. The van der Waals surface area contributed by atoms with Crippen LogP contribution in [0.3, 0.4) is 0 Å². The number of carbonyl (C=O) groups excluding carboxylic acids is 1. The van der Waals surface area contributed by atoms with Gasteiger partial charge in [-0.2, -0.15) is 0 Å². The average molecular weight is 386 g/mol. The van der Waals surface area contributed by atoms with Gasteiger partial charge in [-0.05, 0) is 29.8 Å². The summed E-state index contributed by atoms with van der Waals surface area (Å²) in [6.45, 7) is 0. The highest BCUT2D eigenvalue weighted by atomic mass is 32.2. The number of ether oxygens (including phenoxy) is 1. The van der Waals surface area contributed by atoms with Gasteiger partial charge in [0.2, 0.25) is 5.91 Å². The lowest BCUT2D eigenvalue weighted by molar-refractivity contribution is -0.137. The second-order valence-corrected chi connectivity index (χ2v) is 6.65. The first-order valence-corrected chi connectivity index (χ1v) is 9.17. The molecule has 3 aromatic rings. The third-order valence-corrected chi connectivity index (χ3v) is 4.66. The van der Waals surface area contributed by atoms with Gasteiger partial charge in [-0.1, -0.05) is 36.0 Å². The fourth-order valence-electron chi connectivity index (χ4n) is 2.54. The topological polar surface area (TPSA) is 102 Å². The first-order valence-electron chi connectivity index (χ1n) is 8.18. The maximum absolute atomic E-state index is 12.3. The van der Waals surface area contributed by atoms with Crippen molar-refractivity contribution in [2.24, 2.45) is 0 Å². The van der Waals surface area contributed by atoms with Crippen molar-refractivity contribution in [3.8, 4) is 5.75 Å². The minimum atomic E-state index is -0.997. The lowest BCUT2D eigenvalue weighted by atomic mass is 10.0. The Morgan fingerprint density at radius 2 is 1.96 bits per heavy atom. The molecule has 0 aliphatic rings. The predicted octanol–water partition coefficient (Wildman–Crippen LogP) is 3.26. The number of hydrogen-bond acceptors (Lipinski definition) is 6. The standard InChI is InChI=1S/C19H18N2O5S/c1-25-13-8-6-12(7-9-13)15(10-18(23)24)20-17(22)11-27-19-21-14-4-2-3-5-16(14)26-19/h2-9,15H,10-11H2,1H3,(H,20,22)(H,23,24)/t15-/m1/s1. The Morgan fingerprint density at radius 1 is 1.22 bits per heavy atom. The number of rotatable bonds is 8. The van der Waals surface area contributed by atoms with Crippen molar-refractivity contribution in [1.29, 1.82) is 0 Å². The van der Waals surface area contributed by atoms with E-state index in [1.54, 1.807) is 37.4 Å². The predicted molar refractivity (Wildman–Crippen MR) is 101 cm³/mol. The van der Waals surface area contributed by atoms with E-state index < -0.39 is 12.0 Å². The lowest BCUT2D eigenvalue weighted by Gasteiger charge is -2.17. The highest BCUT2D eigenvalue weighted by Gasteiger charge is 2.19. The van der Waals surface area contributed by atoms with E-state index >= 15 is 0 Å². The van der Waals surface area contributed by atoms with Gasteiger partial charge in [0.25, 0.3) is 5.22 Å². The summed E-state index contributed by atoms with van der Waals surface area (Å²) in [5, 5.41) is 12.3. The lowest BCUT2D eigenvalue weighted by Crippen LogP contribution is -2.31. The van der Waals surface area contributed by atoms with E-state index in [4.69, 9.17) is 14.3 Å². The number of nitrogens with one attached hydrogen (secondary N) is 1. The summed E-state index contributed by atoms with van der Waals surface area (Å²) in [6, 6.07) is 13.6. The van der Waals surface area contributed by atoms with Crippen LogP contribution < -0.4 is 10.1 Å². The van der Waals surface area contributed by atoms with Gasteiger partial charge in [0, 0.05) is 0 Å². The van der Waals surface area contributed by atoms with Crippen LogP contribution in [0.5, 0.6) is 5.75 Å². The molecule has 2 N–H and O–H groups in total. The maximum atomic E-state index is 12.3. The van der Waals surface area contributed by atoms with Crippen LogP contribution in [0.2, 0.25) is 0 Å². The molecule has 0 saturated heterocycles. The Labute approximate surface area is 159 Å². The van der Waals surface area contributed by atoms with Crippen molar-refractivity contribution in [2.45, 2.75) is 17.7 Å². The Kier molecular flexibility index (Phi) is 5.97. The number of carboxylic acids is 1. The molecular formula is C19H18N2O5S. The summed E-state index contributed by atoms with van der Waals surface area (Å²) in [6.07, 6.45) is -0.217. The molecule has 0 spiro atoms. The van der Waals surface area contributed by atoms with Gasteiger partial charge in [-0.25, -0.2) is 4.98 Å².